The van der Waals surface area contributed by atoms with Crippen LogP contribution in [0.1, 0.15) is 12.0 Å². The van der Waals surface area contributed by atoms with Gasteiger partial charge in [0, 0.05) is 42.6 Å². The number of nitrogens with zero attached hydrogens (tertiary/aromatic N) is 3. The topological polar surface area (TPSA) is 105 Å². The molecule has 9 nitrogen and oxygen atoms in total. The van der Waals surface area contributed by atoms with Crippen molar-refractivity contribution in [1.82, 2.24) is 9.80 Å². The Hall–Kier alpha value is -3.87. The van der Waals surface area contributed by atoms with E-state index in [2.05, 4.69) is 16.6 Å². The average Bonchev–Trinajstić information content (AvgIpc) is 3.21. The Bertz CT molecular complexity index is 1080. The van der Waals surface area contributed by atoms with Crippen LogP contribution >= 0.6 is 0 Å². The van der Waals surface area contributed by atoms with Crippen LogP contribution in [0.3, 0.4) is 0 Å². The zero-order chi connectivity index (χ0) is 24.8. The Morgan fingerprint density at radius 2 is 1.62 bits per heavy atom. The third-order valence-electron chi connectivity index (χ3n) is 5.49. The molecular formula is C25H29N5O4. The molecule has 4 amide bonds. The van der Waals surface area contributed by atoms with E-state index >= 15 is 0 Å². The number of likely N-dealkylation sites (N-methyl/N-ethyl adjacent to an activating group) is 2. The van der Waals surface area contributed by atoms with Crippen molar-refractivity contribution in [3.05, 3.63) is 54.1 Å². The number of aliphatic hydroxyl groups is 1. The fourth-order valence-electron chi connectivity index (χ4n) is 3.65. The van der Waals surface area contributed by atoms with Crippen molar-refractivity contribution >= 4 is 34.9 Å². The van der Waals surface area contributed by atoms with Gasteiger partial charge in [0.05, 0.1) is 12.6 Å². The predicted octanol–water partition coefficient (Wildman–Crippen LogP) is 1.80. The Balaban J connectivity index is 1.63. The third-order valence-corrected chi connectivity index (χ3v) is 5.49. The number of carbonyl (C=O) groups excluding carboxylic acids is 3. The zero-order valence-electron chi connectivity index (χ0n) is 19.5. The van der Waals surface area contributed by atoms with Crippen LogP contribution in [0.15, 0.2) is 48.5 Å². The molecule has 1 aliphatic rings. The molecule has 0 radical (unpaired) electrons. The van der Waals surface area contributed by atoms with Gasteiger partial charge in [-0.3, -0.25) is 9.59 Å². The number of likely N-dealkylation sites (tertiary alicyclic amines) is 1. The van der Waals surface area contributed by atoms with E-state index < -0.39 is 24.1 Å². The van der Waals surface area contributed by atoms with E-state index in [4.69, 9.17) is 6.42 Å². The second kappa shape index (κ2) is 10.8. The summed E-state index contributed by atoms with van der Waals surface area (Å²) in [4.78, 5) is 42.6. The number of β-amino-alcohol motifs (C(OH)–C–C–N with tert-alkyl or cyclic N) is 1. The molecule has 0 saturated carbocycles. The lowest BCUT2D eigenvalue weighted by Gasteiger charge is -2.24. The van der Waals surface area contributed by atoms with Crippen LogP contribution in [-0.2, 0) is 9.59 Å². The molecule has 1 aliphatic heterocycles. The van der Waals surface area contributed by atoms with E-state index in [9.17, 15) is 19.5 Å². The van der Waals surface area contributed by atoms with Crippen LogP contribution in [-0.4, -0.2) is 79.1 Å². The number of rotatable bonds is 6. The van der Waals surface area contributed by atoms with E-state index in [0.29, 0.717) is 22.6 Å². The molecule has 0 aromatic heterocycles. The van der Waals surface area contributed by atoms with Gasteiger partial charge in [0.25, 0.3) is 0 Å². The molecule has 2 aromatic rings. The number of carbonyl (C=O) groups is 3. The van der Waals surface area contributed by atoms with Gasteiger partial charge in [-0.25, -0.2) is 4.79 Å². The minimum atomic E-state index is -0.830. The van der Waals surface area contributed by atoms with Gasteiger partial charge in [-0.1, -0.05) is 5.92 Å². The molecular weight excluding hydrogens is 434 g/mol. The number of amides is 4. The Labute approximate surface area is 199 Å². The van der Waals surface area contributed by atoms with Crippen LogP contribution < -0.4 is 15.5 Å². The second-order valence-electron chi connectivity index (χ2n) is 8.44. The lowest BCUT2D eigenvalue weighted by Crippen LogP contribution is -2.45. The van der Waals surface area contributed by atoms with E-state index in [1.807, 2.05) is 14.1 Å². The summed E-state index contributed by atoms with van der Waals surface area (Å²) in [7, 11) is 5.33. The summed E-state index contributed by atoms with van der Waals surface area (Å²) >= 11 is 0. The maximum atomic E-state index is 12.9. The molecule has 1 saturated heterocycles. The number of aliphatic hydroxyl groups excluding tert-OH is 1. The maximum Gasteiger partial charge on any atom is 0.322 e. The summed E-state index contributed by atoms with van der Waals surface area (Å²) in [5.41, 5.74) is 2.44. The van der Waals surface area contributed by atoms with Gasteiger partial charge in [0.15, 0.2) is 0 Å². The molecule has 2 atom stereocenters. The van der Waals surface area contributed by atoms with E-state index in [-0.39, 0.29) is 25.4 Å². The Kier molecular flexibility index (Phi) is 7.89. The van der Waals surface area contributed by atoms with Gasteiger partial charge >= 0.3 is 6.03 Å². The van der Waals surface area contributed by atoms with Crippen LogP contribution in [0.2, 0.25) is 0 Å². The molecule has 1 fully saturated rings. The summed E-state index contributed by atoms with van der Waals surface area (Å²) in [6.07, 6.45) is 4.68. The van der Waals surface area contributed by atoms with Crippen LogP contribution in [0.25, 0.3) is 0 Å². The lowest BCUT2D eigenvalue weighted by molar-refractivity contribution is -0.120. The van der Waals surface area contributed by atoms with Crippen LogP contribution in [0.4, 0.5) is 21.9 Å². The van der Waals surface area contributed by atoms with Gasteiger partial charge in [0.1, 0.15) is 6.04 Å². The first-order valence-corrected chi connectivity index (χ1v) is 10.8. The minimum absolute atomic E-state index is 0.0457. The van der Waals surface area contributed by atoms with Crippen molar-refractivity contribution in [3.8, 4) is 12.3 Å². The van der Waals surface area contributed by atoms with Gasteiger partial charge in [-0.15, -0.1) is 6.42 Å². The average molecular weight is 464 g/mol. The zero-order valence-corrected chi connectivity index (χ0v) is 19.5. The van der Waals surface area contributed by atoms with Gasteiger partial charge in [-0.2, -0.15) is 0 Å². The predicted molar refractivity (Wildman–Crippen MR) is 132 cm³/mol. The monoisotopic (exact) mass is 463 g/mol. The third kappa shape index (κ3) is 6.13. The van der Waals surface area contributed by atoms with E-state index in [0.717, 1.165) is 0 Å². The number of hydrogen-bond acceptors (Lipinski definition) is 5. The first-order valence-electron chi connectivity index (χ1n) is 10.8. The van der Waals surface area contributed by atoms with Crippen molar-refractivity contribution in [3.63, 3.8) is 0 Å². The summed E-state index contributed by atoms with van der Waals surface area (Å²) in [6.45, 7) is 0.328. The van der Waals surface area contributed by atoms with Crippen LogP contribution in [0, 0.1) is 12.3 Å². The molecule has 3 N–H and O–H groups in total. The number of anilines is 3. The highest BCUT2D eigenvalue weighted by Gasteiger charge is 2.39. The SMILES string of the molecule is C#Cc1ccc(NC(=O)N2C[C@H](O)C[C@@H]2C(=O)Nc2ccc(N(C)C(=O)CN(C)C)cc2)cc1. The standard InChI is InChI=1S/C25H29N5O4/c1-5-17-6-8-19(9-7-17)27-25(34)30-15-21(31)14-22(30)24(33)26-18-10-12-20(13-11-18)29(4)23(32)16-28(2)3/h1,6-13,21-22,31H,14-16H2,2-4H3,(H,26,33)(H,27,34)/t21-,22-/m1/s1. The maximum absolute atomic E-state index is 12.9. The molecule has 2 aromatic carbocycles. The quantitative estimate of drug-likeness (QED) is 0.567. The Morgan fingerprint density at radius 3 is 2.21 bits per heavy atom. The normalized spacial score (nSPS) is 17.2. The van der Waals surface area contributed by atoms with E-state index in [1.54, 1.807) is 65.4 Å². The summed E-state index contributed by atoms with van der Waals surface area (Å²) in [6, 6.07) is 12.3. The smallest absolute Gasteiger partial charge is 0.322 e. The highest BCUT2D eigenvalue weighted by molar-refractivity contribution is 6.00. The number of nitrogens with one attached hydrogen (secondary N) is 2. The van der Waals surface area contributed by atoms with Crippen molar-refractivity contribution < 1.29 is 19.5 Å². The summed E-state index contributed by atoms with van der Waals surface area (Å²) in [5, 5.41) is 15.6. The second-order valence-corrected chi connectivity index (χ2v) is 8.44. The summed E-state index contributed by atoms with van der Waals surface area (Å²) < 4.78 is 0. The first-order chi connectivity index (χ1) is 16.2. The lowest BCUT2D eigenvalue weighted by atomic mass is 10.1. The van der Waals surface area contributed by atoms with Gasteiger partial charge < -0.3 is 30.4 Å². The number of hydrogen-bond donors (Lipinski definition) is 3. The van der Waals surface area contributed by atoms with Crippen molar-refractivity contribution in [2.45, 2.75) is 18.6 Å². The minimum Gasteiger partial charge on any atom is -0.391 e. The number of terminal acetylenes is 1. The molecule has 1 heterocycles. The number of urea groups is 1. The number of benzene rings is 2. The first kappa shape index (κ1) is 24.8. The van der Waals surface area contributed by atoms with Gasteiger partial charge in [-0.05, 0) is 62.6 Å². The molecule has 3 rings (SSSR count). The van der Waals surface area contributed by atoms with Crippen molar-refractivity contribution in [1.29, 1.82) is 0 Å². The molecule has 0 bridgehead atoms. The Morgan fingerprint density at radius 1 is 1.03 bits per heavy atom. The van der Waals surface area contributed by atoms with Gasteiger partial charge in [0.2, 0.25) is 11.8 Å². The molecule has 34 heavy (non-hydrogen) atoms. The highest BCUT2D eigenvalue weighted by atomic mass is 16.3. The molecule has 9 heteroatoms. The summed E-state index contributed by atoms with van der Waals surface area (Å²) in [5.74, 6) is 2.04. The van der Waals surface area contributed by atoms with E-state index in [1.165, 1.54) is 4.90 Å². The fourth-order valence-corrected chi connectivity index (χ4v) is 3.65. The molecule has 0 aliphatic carbocycles. The van der Waals surface area contributed by atoms with Crippen molar-refractivity contribution in [2.75, 3.05) is 49.8 Å². The fraction of sp³-hybridized carbons (Fsp3) is 0.320. The largest absolute Gasteiger partial charge is 0.391 e. The highest BCUT2D eigenvalue weighted by Crippen LogP contribution is 2.23. The van der Waals surface area contributed by atoms with Crippen LogP contribution in [0.5, 0.6) is 0 Å². The molecule has 0 spiro atoms. The van der Waals surface area contributed by atoms with Crippen molar-refractivity contribution in [2.24, 2.45) is 0 Å². The molecule has 178 valence electrons. The molecule has 0 unspecified atom stereocenters.